The van der Waals surface area contributed by atoms with Gasteiger partial charge in [-0.15, -0.1) is 0 Å². The van der Waals surface area contributed by atoms with E-state index in [1.165, 1.54) is 44.1 Å². The van der Waals surface area contributed by atoms with Crippen molar-refractivity contribution in [2.45, 2.75) is 210 Å². The molecule has 1 aromatic heterocycles. The second kappa shape index (κ2) is 20.4. The largest absolute Gasteiger partial charge is 0.396 e. The van der Waals surface area contributed by atoms with Crippen molar-refractivity contribution in [3.8, 4) is 0 Å². The minimum Gasteiger partial charge on any atom is -0.396 e. The van der Waals surface area contributed by atoms with Crippen LogP contribution in [-0.2, 0) is 4.79 Å². The molecule has 452 valence electrons. The summed E-state index contributed by atoms with van der Waals surface area (Å²) in [6, 6.07) is 0.0730. The fraction of sp³-hybridized carbons (Fsp3) is 0.833. The summed E-state index contributed by atoms with van der Waals surface area (Å²) in [5, 5.41) is 96.0. The third-order valence-electron chi connectivity index (χ3n) is 27.0. The summed E-state index contributed by atoms with van der Waals surface area (Å²) in [5.41, 5.74) is 9.33. The number of nitrogens with zero attached hydrogens (tertiary/aromatic N) is 3. The number of ketones is 1. The number of nitrogens with two attached hydrogens (primary N) is 1. The van der Waals surface area contributed by atoms with Crippen LogP contribution < -0.4 is 16.4 Å². The van der Waals surface area contributed by atoms with Crippen molar-refractivity contribution in [2.75, 3.05) is 32.5 Å². The van der Waals surface area contributed by atoms with Gasteiger partial charge in [0.2, 0.25) is 0 Å². The number of fused-ring (bicyclic) bond motifs is 16. The third-order valence-corrected chi connectivity index (χ3v) is 30.5. The minimum absolute atomic E-state index is 0.0730. The smallest absolute Gasteiger partial charge is 0.190 e. The zero-order chi connectivity index (χ0) is 57.3. The molecule has 11 N–H and O–H groups in total. The highest BCUT2D eigenvalue weighted by Gasteiger charge is 2.80. The predicted molar refractivity (Wildman–Crippen MR) is 321 cm³/mol. The maximum Gasteiger partial charge on any atom is 0.190 e. The van der Waals surface area contributed by atoms with Gasteiger partial charge >= 0.3 is 0 Å². The molecule has 13 aliphatic rings. The van der Waals surface area contributed by atoms with E-state index in [0.29, 0.717) is 49.6 Å². The fourth-order valence-corrected chi connectivity index (χ4v) is 29.1. The molecule has 9 saturated carbocycles. The van der Waals surface area contributed by atoms with Crippen LogP contribution in [0.15, 0.2) is 57.7 Å². The van der Waals surface area contributed by atoms with Gasteiger partial charge < -0.3 is 56.7 Å². The second-order valence-corrected chi connectivity index (χ2v) is 33.6. The lowest BCUT2D eigenvalue weighted by atomic mass is 9.40. The highest BCUT2D eigenvalue weighted by molar-refractivity contribution is 8.77. The number of guanidine groups is 1. The molecule has 3 spiro atoms. The summed E-state index contributed by atoms with van der Waals surface area (Å²) in [6.45, 7) is 8.86. The van der Waals surface area contributed by atoms with E-state index in [9.17, 15) is 30.6 Å². The summed E-state index contributed by atoms with van der Waals surface area (Å²) in [6.07, 6.45) is 23.1. The molecule has 1 aromatic rings. The summed E-state index contributed by atoms with van der Waals surface area (Å²) in [4.78, 5) is 25.5. The van der Waals surface area contributed by atoms with Gasteiger partial charge in [0.1, 0.15) is 6.23 Å². The van der Waals surface area contributed by atoms with Gasteiger partial charge in [-0.25, -0.2) is 4.98 Å². The Kier molecular flexibility index (Phi) is 14.3. The first-order valence-electron chi connectivity index (χ1n) is 32.7. The van der Waals surface area contributed by atoms with Gasteiger partial charge in [-0.3, -0.25) is 9.79 Å². The van der Waals surface area contributed by atoms with E-state index in [4.69, 9.17) is 15.7 Å². The molecule has 1 aliphatic heterocycles. The van der Waals surface area contributed by atoms with Crippen molar-refractivity contribution < 1.29 is 40.5 Å². The number of aliphatic hydroxyl groups excluding tert-OH is 6. The Morgan fingerprint density at radius 3 is 2.51 bits per heavy atom. The zero-order valence-electron chi connectivity index (χ0n) is 49.7. The molecule has 2 heterocycles. The molecule has 24 atom stereocenters. The predicted octanol–water partition coefficient (Wildman–Crippen LogP) is 8.02. The van der Waals surface area contributed by atoms with Crippen molar-refractivity contribution in [1.29, 1.82) is 0 Å². The lowest BCUT2D eigenvalue weighted by Gasteiger charge is -2.66. The Hall–Kier alpha value is -2.25. The van der Waals surface area contributed by atoms with Crippen LogP contribution in [0.5, 0.6) is 0 Å². The van der Waals surface area contributed by atoms with Gasteiger partial charge in [-0.2, -0.15) is 0 Å². The Labute approximate surface area is 495 Å². The number of nitrogens with one attached hydrogen (secondary N) is 2. The van der Waals surface area contributed by atoms with Crippen molar-refractivity contribution >= 4 is 33.3 Å². The number of hydrogen-bond acceptors (Lipinski definition) is 13. The number of aliphatic imine (C=N–C) groups is 1. The van der Waals surface area contributed by atoms with E-state index >= 15 is 9.90 Å². The van der Waals surface area contributed by atoms with Crippen LogP contribution in [0.1, 0.15) is 169 Å². The SMILES string of the molecule is CNC[C@H]1[C@@H](O)[C@@H](O)C[C@]2(C)[C@@H]3C(=CC(=O)[C@H]12)[C@]1(O)[C@@H]2C[C@H]([C@@H]4C[C@@H]5CCCC6=C5[C@H](C(=C5C[C@H]7CC[C@H]8CCC[C@@]8(C7)[C@H]65)C(C)(C)C[C@H](n5ccnc5)CSS[C@]25CCC[C@]52CC[C@H](O)C2)[C@H]4O)[C@@]1(CO)C[C@H]3CN=C(N)N[C@@H](C)O. The average molecular weight is 1170 g/mol. The molecular weight excluding hydrogens is 1070 g/mol. The number of rotatable bonds is 7. The van der Waals surface area contributed by atoms with Crippen molar-refractivity contribution in [2.24, 2.45) is 109 Å². The minimum atomic E-state index is -1.77. The van der Waals surface area contributed by atoms with E-state index in [2.05, 4.69) is 42.2 Å². The van der Waals surface area contributed by atoms with Gasteiger partial charge in [0.25, 0.3) is 0 Å². The first-order valence-corrected chi connectivity index (χ1v) is 35.0. The zero-order valence-corrected chi connectivity index (χ0v) is 51.3. The van der Waals surface area contributed by atoms with Crippen molar-refractivity contribution in [1.82, 2.24) is 20.2 Å². The monoisotopic (exact) mass is 1170 g/mol. The van der Waals surface area contributed by atoms with E-state index in [1.807, 2.05) is 41.2 Å². The number of imidazole rings is 1. The lowest BCUT2D eigenvalue weighted by molar-refractivity contribution is -0.198. The molecule has 82 heavy (non-hydrogen) atoms. The summed E-state index contributed by atoms with van der Waals surface area (Å²) in [5.74, 6) is -0.769. The highest BCUT2D eigenvalue weighted by atomic mass is 33.1. The number of aliphatic hydroxyl groups is 7. The number of carbonyl (C=O) groups is 1. The van der Waals surface area contributed by atoms with Gasteiger partial charge in [-0.05, 0) is 211 Å². The maximum atomic E-state index is 15.8. The van der Waals surface area contributed by atoms with E-state index < -0.39 is 81.4 Å². The number of hydrogen-bond donors (Lipinski definition) is 10. The standard InChI is InChI=1S/C66H98N6O8S2/c1-35(74)71-59(67)70-30-38-26-64(33-73)46-24-50(66(64,80)47-23-48(76)55-45(31-68-5)57(78)49(77)29-61(55,4)53(38)47)65(17-8-15-62(65)18-14-41(75)28-62)82-81-32-40(72-20-19-69-34-72)27-60(2,3)56-44-21-36-12-13-39-10-7-16-63(39,25-36)54(44)42-11-6-9-37-22-43(46)58(79)52(56)51(37)42/h19-20,23,34-41,43,45-46,49-50,52-55,57-58,68,73-75,77-80H,6-18,21-22,24-33H2,1-5H3,(H3,67,70,71)/t35-,36-,37+,38+,39-,40+,41+,43+,45-,46-,49+,50-,52-,53+,54-,55+,57-,58+,61-,62-,63+,64+,65-,66+/m1/s1. The molecule has 12 aliphatic carbocycles. The maximum absolute atomic E-state index is 15.8. The topological polar surface area (TPSA) is 239 Å². The van der Waals surface area contributed by atoms with Gasteiger partial charge in [0.15, 0.2) is 11.7 Å². The van der Waals surface area contributed by atoms with Crippen LogP contribution in [0.3, 0.4) is 0 Å². The van der Waals surface area contributed by atoms with Crippen LogP contribution in [0.25, 0.3) is 0 Å². The van der Waals surface area contributed by atoms with Gasteiger partial charge in [0.05, 0.1) is 43.0 Å². The van der Waals surface area contributed by atoms with Crippen LogP contribution >= 0.6 is 21.6 Å². The Balaban J connectivity index is 1.02. The summed E-state index contributed by atoms with van der Waals surface area (Å²) < 4.78 is 1.74. The highest BCUT2D eigenvalue weighted by Crippen LogP contribution is 2.80. The molecule has 14 rings (SSSR count). The molecular formula is C66H98N6O8S2. The van der Waals surface area contributed by atoms with Crippen molar-refractivity contribution in [3.63, 3.8) is 0 Å². The Morgan fingerprint density at radius 2 is 1.77 bits per heavy atom. The second-order valence-electron chi connectivity index (χ2n) is 31.0. The quantitative estimate of drug-likeness (QED) is 0.0409. The first-order chi connectivity index (χ1) is 39.2. The Morgan fingerprint density at radius 1 is 0.939 bits per heavy atom. The first kappa shape index (κ1) is 57.5. The molecule has 0 radical (unpaired) electrons. The van der Waals surface area contributed by atoms with Gasteiger partial charge in [0, 0.05) is 77.0 Å². The molecule has 0 aromatic carbocycles. The molecule has 14 nitrogen and oxygen atoms in total. The number of aromatic nitrogens is 2. The average Bonchev–Trinajstić information content (AvgIpc) is 1.40. The molecule has 6 bridgehead atoms. The summed E-state index contributed by atoms with van der Waals surface area (Å²) in [7, 11) is 5.69. The van der Waals surface area contributed by atoms with Crippen LogP contribution in [0.2, 0.25) is 0 Å². The normalized spacial score (nSPS) is 50.5. The molecule has 0 amide bonds. The molecule has 0 unspecified atom stereocenters. The molecule has 10 fully saturated rings. The van der Waals surface area contributed by atoms with E-state index in [-0.39, 0.29) is 77.3 Å². The fourth-order valence-electron chi connectivity index (χ4n) is 24.8. The third kappa shape index (κ3) is 7.97. The summed E-state index contributed by atoms with van der Waals surface area (Å²) >= 11 is 0. The lowest BCUT2D eigenvalue weighted by Crippen LogP contribution is -2.70. The van der Waals surface area contributed by atoms with E-state index in [0.717, 1.165) is 75.9 Å². The number of carbonyl (C=O) groups excluding carboxylic acids is 1. The van der Waals surface area contributed by atoms with Crippen LogP contribution in [0.4, 0.5) is 0 Å². The van der Waals surface area contributed by atoms with Crippen LogP contribution in [0, 0.1) is 98.1 Å². The van der Waals surface area contributed by atoms with Gasteiger partial charge in [-0.1, -0.05) is 77.5 Å². The van der Waals surface area contributed by atoms with Crippen molar-refractivity contribution in [3.05, 3.63) is 52.7 Å². The van der Waals surface area contributed by atoms with Crippen LogP contribution in [-0.4, -0.2) is 131 Å². The van der Waals surface area contributed by atoms with E-state index in [1.54, 1.807) is 29.7 Å². The molecule has 1 saturated heterocycles. The Bertz CT molecular complexity index is 2810. The molecule has 16 heteroatoms. The number of allylic oxidation sites excluding steroid dienone is 3.